The van der Waals surface area contributed by atoms with E-state index in [-0.39, 0.29) is 119 Å². The van der Waals surface area contributed by atoms with Crippen LogP contribution < -0.4 is 21.3 Å². The molecule has 8 N–H and O–H groups in total. The number of fused-ring (bicyclic) bond motifs is 4. The zero-order chi connectivity index (χ0) is 38.2. The van der Waals surface area contributed by atoms with Gasteiger partial charge in [-0.2, -0.15) is 0 Å². The molecule has 2 aliphatic heterocycles. The van der Waals surface area contributed by atoms with Crippen molar-refractivity contribution in [1.29, 1.82) is 0 Å². The number of nitrogens with one attached hydrogen (secondary N) is 4. The molecule has 0 saturated carbocycles. The number of halogens is 7. The van der Waals surface area contributed by atoms with Gasteiger partial charge in [0.1, 0.15) is 0 Å². The zero-order valence-corrected chi connectivity index (χ0v) is 48.2. The van der Waals surface area contributed by atoms with Crippen molar-refractivity contribution in [3.05, 3.63) is 164 Å². The van der Waals surface area contributed by atoms with Crippen LogP contribution in [0.15, 0.2) is 114 Å². The molecule has 0 amide bonds. The van der Waals surface area contributed by atoms with Gasteiger partial charge in [-0.05, 0) is 142 Å². The van der Waals surface area contributed by atoms with Crippen LogP contribution in [-0.2, 0) is 39.3 Å². The zero-order valence-electron chi connectivity index (χ0n) is 36.3. The molecule has 0 unspecified atom stereocenters. The molecule has 3 aromatic carbocycles. The molecular weight excluding hydrogens is 1270 g/mol. The summed E-state index contributed by atoms with van der Waals surface area (Å²) in [7, 11) is 0. The van der Waals surface area contributed by atoms with Crippen LogP contribution in [0.1, 0.15) is 82.2 Å². The molecule has 64 heavy (non-hydrogen) atoms. The second-order valence-corrected chi connectivity index (χ2v) is 16.3. The molecule has 17 heteroatoms. The number of nitrogens with zero attached hydrogens (tertiary/aromatic N) is 4. The van der Waals surface area contributed by atoms with Crippen LogP contribution in [0, 0.1) is 0 Å². The van der Waals surface area contributed by atoms with Crippen LogP contribution in [0.5, 0.6) is 0 Å². The maximum Gasteiger partial charge on any atom is 0.0545 e. The SMILES string of the molecule is Br.Br.Br.Br.Br.Br.Brc1ccc(C(c2cccc(CN3CCCNCc4cccc(n4)CNCCC3)c2)c2cccc(CN3CCCNCc4cccc(n4)CNCCC3)c2)cc1.O.O. The van der Waals surface area contributed by atoms with Gasteiger partial charge < -0.3 is 32.2 Å². The summed E-state index contributed by atoms with van der Waals surface area (Å²) in [5, 5.41) is 14.5. The molecule has 2 aliphatic rings. The minimum atomic E-state index is 0. The van der Waals surface area contributed by atoms with Crippen molar-refractivity contribution in [2.45, 2.75) is 70.9 Å². The topological polar surface area (TPSA) is 143 Å². The first-order chi connectivity index (χ1) is 27.6. The summed E-state index contributed by atoms with van der Waals surface area (Å²) in [6.45, 7) is 13.4. The van der Waals surface area contributed by atoms with Crippen molar-refractivity contribution in [1.82, 2.24) is 41.0 Å². The Bertz CT molecular complexity index is 1800. The minimum absolute atomic E-state index is 0. The molecule has 5 aromatic rings. The lowest BCUT2D eigenvalue weighted by atomic mass is 9.84. The third-order valence-corrected chi connectivity index (χ3v) is 11.4. The first kappa shape index (κ1) is 65.1. The molecule has 0 spiro atoms. The van der Waals surface area contributed by atoms with Gasteiger partial charge in [-0.15, -0.1) is 102 Å². The van der Waals surface area contributed by atoms with Crippen molar-refractivity contribution < 1.29 is 11.0 Å². The lowest BCUT2D eigenvalue weighted by Gasteiger charge is -2.25. The van der Waals surface area contributed by atoms with Crippen LogP contribution in [0.4, 0.5) is 0 Å². The van der Waals surface area contributed by atoms with Crippen LogP contribution in [0.25, 0.3) is 0 Å². The fourth-order valence-corrected chi connectivity index (χ4v) is 8.32. The largest absolute Gasteiger partial charge is 0.412 e. The Morgan fingerprint density at radius 1 is 0.438 bits per heavy atom. The number of pyridine rings is 2. The Morgan fingerprint density at radius 2 is 0.766 bits per heavy atom. The van der Waals surface area contributed by atoms with Gasteiger partial charge in [0.15, 0.2) is 0 Å². The number of hydrogen-bond donors (Lipinski definition) is 4. The standard InChI is InChI=1S/C47H59BrN8.6BrH.2H2O/c48-42-19-17-39(18-20-42)47(40-11-1-9-37(29-40)35-55-25-5-21-49-31-43-13-3-14-44(53-43)32-50-22-6-26-55)41-12-2-10-38(30-41)36-56-27-7-23-51-33-45-15-4-16-46(54-45)34-52-24-8-28-56;;;;;;;;/h1-4,9-20,29-30,47,49-52H,5-8,21-28,31-36H2;6*1H;2*1H2. The van der Waals surface area contributed by atoms with Crippen LogP contribution in [0.2, 0.25) is 0 Å². The first-order valence-corrected chi connectivity index (χ1v) is 21.5. The van der Waals surface area contributed by atoms with Gasteiger partial charge in [0.2, 0.25) is 0 Å². The van der Waals surface area contributed by atoms with Crippen molar-refractivity contribution in [2.24, 2.45) is 0 Å². The molecule has 2 aromatic heterocycles. The normalized spacial score (nSPS) is 15.3. The lowest BCUT2D eigenvalue weighted by Crippen LogP contribution is -2.31. The molecule has 0 fully saturated rings. The van der Waals surface area contributed by atoms with E-state index >= 15 is 0 Å². The van der Waals surface area contributed by atoms with Crippen molar-refractivity contribution in [3.8, 4) is 0 Å². The lowest BCUT2D eigenvalue weighted by molar-refractivity contribution is 0.256. The molecule has 4 bridgehead atoms. The quantitative estimate of drug-likeness (QED) is 0.118. The second-order valence-electron chi connectivity index (χ2n) is 15.4. The molecular formula is C47H69Br7N8O2. The molecule has 4 heterocycles. The van der Waals surface area contributed by atoms with E-state index in [2.05, 4.69) is 156 Å². The van der Waals surface area contributed by atoms with Gasteiger partial charge >= 0.3 is 0 Å². The van der Waals surface area contributed by atoms with E-state index in [4.69, 9.17) is 9.97 Å². The molecule has 0 aliphatic carbocycles. The molecule has 0 atom stereocenters. The molecule has 0 saturated heterocycles. The van der Waals surface area contributed by atoms with E-state index in [0.717, 1.165) is 145 Å². The highest BCUT2D eigenvalue weighted by atomic mass is 79.9. The van der Waals surface area contributed by atoms with Crippen molar-refractivity contribution in [3.63, 3.8) is 0 Å². The van der Waals surface area contributed by atoms with Crippen LogP contribution >= 0.6 is 118 Å². The number of hydrogen-bond acceptors (Lipinski definition) is 8. The van der Waals surface area contributed by atoms with Gasteiger partial charge in [0, 0.05) is 49.7 Å². The average molecular weight is 1340 g/mol. The van der Waals surface area contributed by atoms with Gasteiger partial charge in [-0.25, -0.2) is 0 Å². The number of aromatic nitrogens is 2. The number of benzene rings is 3. The predicted molar refractivity (Wildman–Crippen MR) is 301 cm³/mol. The molecule has 358 valence electrons. The highest BCUT2D eigenvalue weighted by Gasteiger charge is 2.19. The van der Waals surface area contributed by atoms with Gasteiger partial charge in [0.25, 0.3) is 0 Å². The fourth-order valence-electron chi connectivity index (χ4n) is 8.06. The molecule has 10 nitrogen and oxygen atoms in total. The Hall–Kier alpha value is -1.000. The van der Waals surface area contributed by atoms with Gasteiger partial charge in [-0.1, -0.05) is 88.7 Å². The van der Waals surface area contributed by atoms with E-state index in [1.165, 1.54) is 27.8 Å². The van der Waals surface area contributed by atoms with E-state index in [1.54, 1.807) is 0 Å². The van der Waals surface area contributed by atoms with E-state index < -0.39 is 0 Å². The maximum atomic E-state index is 4.81. The first-order valence-electron chi connectivity index (χ1n) is 20.7. The third kappa shape index (κ3) is 21.5. The van der Waals surface area contributed by atoms with Crippen LogP contribution in [0.3, 0.4) is 0 Å². The molecule has 0 radical (unpaired) electrons. The molecule has 7 rings (SSSR count). The Labute approximate surface area is 453 Å². The van der Waals surface area contributed by atoms with E-state index in [9.17, 15) is 0 Å². The fraction of sp³-hybridized carbons (Fsp3) is 0.404. The Balaban J connectivity index is 0. The second kappa shape index (κ2) is 36.0. The monoisotopic (exact) mass is 1330 g/mol. The van der Waals surface area contributed by atoms with E-state index in [0.29, 0.717) is 0 Å². The smallest absolute Gasteiger partial charge is 0.0545 e. The summed E-state index contributed by atoms with van der Waals surface area (Å²) in [6, 6.07) is 40.4. The van der Waals surface area contributed by atoms with Gasteiger partial charge in [0.05, 0.1) is 22.8 Å². The summed E-state index contributed by atoms with van der Waals surface area (Å²) in [4.78, 5) is 14.9. The summed E-state index contributed by atoms with van der Waals surface area (Å²) in [5.41, 5.74) is 11.2. The summed E-state index contributed by atoms with van der Waals surface area (Å²) in [5.74, 6) is 0.138. The third-order valence-electron chi connectivity index (χ3n) is 10.8. The van der Waals surface area contributed by atoms with Crippen molar-refractivity contribution >= 4 is 118 Å². The van der Waals surface area contributed by atoms with Crippen molar-refractivity contribution in [2.75, 3.05) is 52.4 Å². The van der Waals surface area contributed by atoms with Gasteiger partial charge in [-0.3, -0.25) is 19.8 Å². The summed E-state index contributed by atoms with van der Waals surface area (Å²) >= 11 is 3.69. The van der Waals surface area contributed by atoms with Crippen LogP contribution in [-0.4, -0.2) is 83.1 Å². The highest BCUT2D eigenvalue weighted by molar-refractivity contribution is 9.10. The maximum absolute atomic E-state index is 4.81. The number of rotatable bonds is 7. The Morgan fingerprint density at radius 3 is 1.11 bits per heavy atom. The summed E-state index contributed by atoms with van der Waals surface area (Å²) < 4.78 is 1.10. The minimum Gasteiger partial charge on any atom is -0.412 e. The summed E-state index contributed by atoms with van der Waals surface area (Å²) in [6.07, 6.45) is 4.43. The average Bonchev–Trinajstić information content (AvgIpc) is 3.21. The predicted octanol–water partition coefficient (Wildman–Crippen LogP) is 9.19. The van der Waals surface area contributed by atoms with E-state index in [1.807, 2.05) is 0 Å². The highest BCUT2D eigenvalue weighted by Crippen LogP contribution is 2.34. The Kier molecular flexibility index (Phi) is 36.7.